The van der Waals surface area contributed by atoms with Gasteiger partial charge in [-0.25, -0.2) is 8.78 Å². The zero-order valence-electron chi connectivity index (χ0n) is 11.1. The van der Waals surface area contributed by atoms with E-state index in [0.29, 0.717) is 0 Å². The van der Waals surface area contributed by atoms with E-state index in [-0.39, 0.29) is 18.4 Å². The van der Waals surface area contributed by atoms with Crippen LogP contribution in [0.5, 0.6) is 5.75 Å². The van der Waals surface area contributed by atoms with Crippen molar-refractivity contribution in [2.45, 2.75) is 25.9 Å². The number of halogens is 2. The zero-order valence-corrected chi connectivity index (χ0v) is 11.1. The number of carbonyl (C=O) groups excluding carboxylic acids is 1. The molecule has 1 N–H and O–H groups in total. The number of carbonyl (C=O) groups is 1. The van der Waals surface area contributed by atoms with E-state index in [4.69, 9.17) is 4.74 Å². The van der Waals surface area contributed by atoms with Gasteiger partial charge in [0.05, 0.1) is 7.11 Å². The van der Waals surface area contributed by atoms with Crippen molar-refractivity contribution in [3.63, 3.8) is 0 Å². The van der Waals surface area contributed by atoms with Crippen LogP contribution in [-0.2, 0) is 9.53 Å². The monoisotopic (exact) mass is 273 g/mol. The third kappa shape index (κ3) is 5.21. The van der Waals surface area contributed by atoms with Crippen LogP contribution in [0.2, 0.25) is 0 Å². The molecule has 6 heteroatoms. The van der Waals surface area contributed by atoms with Crippen LogP contribution in [0.1, 0.15) is 13.8 Å². The molecule has 1 rings (SSSR count). The van der Waals surface area contributed by atoms with Gasteiger partial charge in [0, 0.05) is 24.2 Å². The maximum Gasteiger partial charge on any atom is 0.326 e. The Morgan fingerprint density at radius 1 is 1.26 bits per heavy atom. The normalized spacial score (nSPS) is 12.3. The van der Waals surface area contributed by atoms with Crippen LogP contribution in [-0.4, -0.2) is 31.8 Å². The lowest BCUT2D eigenvalue weighted by atomic mass is 10.2. The van der Waals surface area contributed by atoms with Gasteiger partial charge in [0.15, 0.2) is 0 Å². The number of rotatable bonds is 6. The molecule has 0 aliphatic heterocycles. The van der Waals surface area contributed by atoms with E-state index in [1.54, 1.807) is 0 Å². The minimum atomic E-state index is -0.735. The first-order valence-corrected chi connectivity index (χ1v) is 5.85. The summed E-state index contributed by atoms with van der Waals surface area (Å²) >= 11 is 0. The van der Waals surface area contributed by atoms with E-state index in [2.05, 4.69) is 10.1 Å². The highest BCUT2D eigenvalue weighted by Gasteiger charge is 2.20. The molecule has 4 nitrogen and oxygen atoms in total. The van der Waals surface area contributed by atoms with E-state index in [1.165, 1.54) is 7.11 Å². The number of esters is 1. The maximum atomic E-state index is 13.0. The topological polar surface area (TPSA) is 47.6 Å². The fourth-order valence-corrected chi connectivity index (χ4v) is 1.52. The summed E-state index contributed by atoms with van der Waals surface area (Å²) in [5.41, 5.74) is 0. The summed E-state index contributed by atoms with van der Waals surface area (Å²) in [5, 5.41) is 2.94. The van der Waals surface area contributed by atoms with Crippen molar-refractivity contribution in [1.82, 2.24) is 5.32 Å². The van der Waals surface area contributed by atoms with Gasteiger partial charge < -0.3 is 9.47 Å². The van der Waals surface area contributed by atoms with E-state index in [9.17, 15) is 13.6 Å². The molecule has 0 radical (unpaired) electrons. The smallest absolute Gasteiger partial charge is 0.326 e. The molecule has 1 unspecified atom stereocenters. The summed E-state index contributed by atoms with van der Waals surface area (Å²) in [4.78, 5) is 11.5. The largest absolute Gasteiger partial charge is 0.491 e. The Bertz CT molecular complexity index is 418. The Morgan fingerprint density at radius 3 is 2.32 bits per heavy atom. The summed E-state index contributed by atoms with van der Waals surface area (Å²) in [6.07, 6.45) is 0. The molecule has 0 bridgehead atoms. The molecule has 0 amide bonds. The van der Waals surface area contributed by atoms with Gasteiger partial charge in [-0.05, 0) is 0 Å². The fraction of sp³-hybridized carbons (Fsp3) is 0.462. The number of hydrogen-bond donors (Lipinski definition) is 1. The molecule has 0 saturated heterocycles. The lowest BCUT2D eigenvalue weighted by Crippen LogP contribution is -2.45. The lowest BCUT2D eigenvalue weighted by molar-refractivity contribution is -0.144. The quantitative estimate of drug-likeness (QED) is 0.804. The van der Waals surface area contributed by atoms with Gasteiger partial charge in [-0.1, -0.05) is 13.8 Å². The summed E-state index contributed by atoms with van der Waals surface area (Å²) in [5.74, 6) is -1.94. The molecule has 0 spiro atoms. The summed E-state index contributed by atoms with van der Waals surface area (Å²) in [7, 11) is 1.26. The van der Waals surface area contributed by atoms with Crippen LogP contribution >= 0.6 is 0 Å². The predicted octanol–water partition coefficient (Wildman–Crippen LogP) is 1.88. The highest BCUT2D eigenvalue weighted by Crippen LogP contribution is 2.15. The van der Waals surface area contributed by atoms with Crippen LogP contribution in [0.25, 0.3) is 0 Å². The van der Waals surface area contributed by atoms with Crippen molar-refractivity contribution < 1.29 is 23.0 Å². The highest BCUT2D eigenvalue weighted by atomic mass is 19.1. The molecule has 1 atom stereocenters. The highest BCUT2D eigenvalue weighted by molar-refractivity contribution is 5.75. The molecule has 0 heterocycles. The molecular formula is C13H17F2NO3. The van der Waals surface area contributed by atoms with Crippen LogP contribution in [0.15, 0.2) is 18.2 Å². The van der Waals surface area contributed by atoms with Crippen molar-refractivity contribution in [1.29, 1.82) is 0 Å². The average Bonchev–Trinajstić information content (AvgIpc) is 2.31. The van der Waals surface area contributed by atoms with Crippen LogP contribution in [0.4, 0.5) is 8.78 Å². The molecule has 0 aliphatic rings. The number of methoxy groups -OCH3 is 1. The summed E-state index contributed by atoms with van der Waals surface area (Å²) in [6.45, 7) is 3.64. The van der Waals surface area contributed by atoms with Gasteiger partial charge in [-0.2, -0.15) is 0 Å². The van der Waals surface area contributed by atoms with Crippen LogP contribution in [0, 0.1) is 11.6 Å². The number of ether oxygens (including phenoxy) is 2. The molecule has 19 heavy (non-hydrogen) atoms. The second-order valence-electron chi connectivity index (χ2n) is 4.31. The Kier molecular flexibility index (Phi) is 5.69. The molecule has 1 aromatic carbocycles. The zero-order chi connectivity index (χ0) is 14.4. The Labute approximate surface area is 110 Å². The predicted molar refractivity (Wildman–Crippen MR) is 65.9 cm³/mol. The average molecular weight is 273 g/mol. The number of benzene rings is 1. The lowest BCUT2D eigenvalue weighted by Gasteiger charge is -2.19. The van der Waals surface area contributed by atoms with Crippen LogP contribution < -0.4 is 10.1 Å². The van der Waals surface area contributed by atoms with Crippen molar-refractivity contribution >= 4 is 5.97 Å². The van der Waals surface area contributed by atoms with Gasteiger partial charge in [0.2, 0.25) is 0 Å². The van der Waals surface area contributed by atoms with Gasteiger partial charge >= 0.3 is 5.97 Å². The number of hydrogen-bond acceptors (Lipinski definition) is 4. The SMILES string of the molecule is COC(=O)C(COc1cc(F)cc(F)c1)NC(C)C. The van der Waals surface area contributed by atoms with Crippen molar-refractivity contribution in [2.75, 3.05) is 13.7 Å². The molecule has 106 valence electrons. The van der Waals surface area contributed by atoms with Crippen LogP contribution in [0.3, 0.4) is 0 Å². The van der Waals surface area contributed by atoms with Gasteiger partial charge in [0.1, 0.15) is 30.0 Å². The second-order valence-corrected chi connectivity index (χ2v) is 4.31. The van der Waals surface area contributed by atoms with Crippen molar-refractivity contribution in [2.24, 2.45) is 0 Å². The van der Waals surface area contributed by atoms with E-state index >= 15 is 0 Å². The fourth-order valence-electron chi connectivity index (χ4n) is 1.52. The van der Waals surface area contributed by atoms with E-state index < -0.39 is 23.6 Å². The van der Waals surface area contributed by atoms with E-state index in [1.807, 2.05) is 13.8 Å². The molecule has 0 saturated carbocycles. The first-order valence-electron chi connectivity index (χ1n) is 5.85. The van der Waals surface area contributed by atoms with Gasteiger partial charge in [0.25, 0.3) is 0 Å². The van der Waals surface area contributed by atoms with Crippen molar-refractivity contribution in [3.05, 3.63) is 29.8 Å². The minimum Gasteiger partial charge on any atom is -0.491 e. The molecular weight excluding hydrogens is 256 g/mol. The molecule has 0 fully saturated rings. The number of nitrogens with one attached hydrogen (secondary N) is 1. The van der Waals surface area contributed by atoms with Gasteiger partial charge in [-0.15, -0.1) is 0 Å². The Balaban J connectivity index is 2.67. The van der Waals surface area contributed by atoms with Crippen molar-refractivity contribution in [3.8, 4) is 5.75 Å². The van der Waals surface area contributed by atoms with Gasteiger partial charge in [-0.3, -0.25) is 10.1 Å². The minimum absolute atomic E-state index is 0.0250. The van der Waals surface area contributed by atoms with E-state index in [0.717, 1.165) is 18.2 Å². The third-order valence-corrected chi connectivity index (χ3v) is 2.27. The maximum absolute atomic E-state index is 13.0. The first-order chi connectivity index (χ1) is 8.92. The summed E-state index contributed by atoms with van der Waals surface area (Å²) < 4.78 is 35.7. The first kappa shape index (κ1) is 15.4. The third-order valence-electron chi connectivity index (χ3n) is 2.27. The Hall–Kier alpha value is -1.69. The molecule has 0 aromatic heterocycles. The standard InChI is InChI=1S/C13H17F2NO3/c1-8(2)16-12(13(17)18-3)7-19-11-5-9(14)4-10(15)6-11/h4-6,8,12,16H,7H2,1-3H3. The molecule has 1 aromatic rings. The Morgan fingerprint density at radius 2 is 1.84 bits per heavy atom. The summed E-state index contributed by atoms with van der Waals surface area (Å²) in [6, 6.07) is 2.18. The molecule has 0 aliphatic carbocycles. The second kappa shape index (κ2) is 7.04.